The molecule has 2 unspecified atom stereocenters. The van der Waals surface area contributed by atoms with E-state index in [2.05, 4.69) is 10.3 Å². The Balaban J connectivity index is 2.00. The maximum absolute atomic E-state index is 12.2. The summed E-state index contributed by atoms with van der Waals surface area (Å²) >= 11 is 2.97. The normalized spacial score (nSPS) is 18.4. The number of carbonyl (C=O) groups excluding carboxylic acids is 1. The average Bonchev–Trinajstić information content (AvgIpc) is 3.08. The third-order valence-corrected chi connectivity index (χ3v) is 5.17. The largest absolute Gasteiger partial charge is 0.395 e. The van der Waals surface area contributed by atoms with E-state index in [1.54, 1.807) is 17.3 Å². The monoisotopic (exact) mass is 286 g/mol. The Morgan fingerprint density at radius 2 is 2.44 bits per heavy atom. The molecule has 1 aromatic rings. The molecule has 1 aromatic heterocycles. The number of hydrogen-bond acceptors (Lipinski definition) is 5. The molecule has 2 rings (SSSR count). The summed E-state index contributed by atoms with van der Waals surface area (Å²) in [6.45, 7) is 1.99. The molecule has 18 heavy (non-hydrogen) atoms. The van der Waals surface area contributed by atoms with Gasteiger partial charge < -0.3 is 10.4 Å². The number of nitrogens with zero attached hydrogens (tertiary/aromatic N) is 1. The van der Waals surface area contributed by atoms with Gasteiger partial charge in [0.05, 0.1) is 17.8 Å². The molecule has 0 aromatic carbocycles. The number of thioether (sulfide) groups is 1. The summed E-state index contributed by atoms with van der Waals surface area (Å²) in [4.78, 5) is 17.2. The van der Waals surface area contributed by atoms with Gasteiger partial charge in [0.25, 0.3) is 5.91 Å². The molecule has 0 spiro atoms. The number of thiazole rings is 1. The van der Waals surface area contributed by atoms with Gasteiger partial charge in [-0.15, -0.1) is 11.3 Å². The van der Waals surface area contributed by atoms with Gasteiger partial charge in [-0.2, -0.15) is 11.8 Å². The van der Waals surface area contributed by atoms with Crippen molar-refractivity contribution in [2.75, 3.05) is 12.9 Å². The minimum absolute atomic E-state index is 0.0336. The number of amides is 1. The minimum Gasteiger partial charge on any atom is -0.395 e. The number of aliphatic hydroxyl groups excluding tert-OH is 1. The number of aromatic nitrogens is 1. The lowest BCUT2D eigenvalue weighted by Crippen LogP contribution is -2.41. The Kier molecular flexibility index (Phi) is 4.64. The maximum Gasteiger partial charge on any atom is 0.263 e. The van der Waals surface area contributed by atoms with Crippen LogP contribution in [0.2, 0.25) is 0 Å². The number of hydrogen-bond donors (Lipinski definition) is 2. The van der Waals surface area contributed by atoms with Crippen LogP contribution in [0, 0.1) is 0 Å². The first-order valence-corrected chi connectivity index (χ1v) is 8.22. The van der Waals surface area contributed by atoms with E-state index in [4.69, 9.17) is 0 Å². The van der Waals surface area contributed by atoms with Gasteiger partial charge in [0.1, 0.15) is 4.88 Å². The number of carbonyl (C=O) groups is 1. The van der Waals surface area contributed by atoms with Crippen molar-refractivity contribution in [3.63, 3.8) is 0 Å². The molecule has 1 aliphatic carbocycles. The SMILES string of the molecule is CSC(CO)C(C)NC(=O)c1scnc1C1CC1. The first kappa shape index (κ1) is 13.8. The van der Waals surface area contributed by atoms with Gasteiger partial charge in [-0.1, -0.05) is 0 Å². The smallest absolute Gasteiger partial charge is 0.263 e. The van der Waals surface area contributed by atoms with E-state index in [-0.39, 0.29) is 23.8 Å². The molecule has 1 aliphatic rings. The van der Waals surface area contributed by atoms with Crippen LogP contribution >= 0.6 is 23.1 Å². The van der Waals surface area contributed by atoms with Crippen LogP contribution in [-0.2, 0) is 0 Å². The quantitative estimate of drug-likeness (QED) is 0.838. The fourth-order valence-corrected chi connectivity index (χ4v) is 3.28. The molecule has 4 nitrogen and oxygen atoms in total. The zero-order valence-electron chi connectivity index (χ0n) is 10.5. The van der Waals surface area contributed by atoms with E-state index in [1.807, 2.05) is 13.2 Å². The number of nitrogens with one attached hydrogen (secondary N) is 1. The van der Waals surface area contributed by atoms with E-state index in [0.717, 1.165) is 23.4 Å². The van der Waals surface area contributed by atoms with Crippen molar-refractivity contribution in [2.45, 2.75) is 37.0 Å². The summed E-state index contributed by atoms with van der Waals surface area (Å²) in [5, 5.41) is 12.2. The molecule has 1 amide bonds. The highest BCUT2D eigenvalue weighted by atomic mass is 32.2. The first-order valence-electron chi connectivity index (χ1n) is 6.05. The number of aliphatic hydroxyl groups is 1. The van der Waals surface area contributed by atoms with Crippen molar-refractivity contribution in [3.8, 4) is 0 Å². The lowest BCUT2D eigenvalue weighted by atomic mass is 10.2. The van der Waals surface area contributed by atoms with Crippen LogP contribution in [0.1, 0.15) is 41.0 Å². The third-order valence-electron chi connectivity index (χ3n) is 3.16. The molecule has 1 saturated carbocycles. The van der Waals surface area contributed by atoms with Crippen molar-refractivity contribution in [1.29, 1.82) is 0 Å². The van der Waals surface area contributed by atoms with Crippen molar-refractivity contribution in [1.82, 2.24) is 10.3 Å². The van der Waals surface area contributed by atoms with Gasteiger partial charge in [0, 0.05) is 17.2 Å². The highest BCUT2D eigenvalue weighted by molar-refractivity contribution is 7.99. The second-order valence-corrected chi connectivity index (χ2v) is 6.49. The zero-order valence-corrected chi connectivity index (χ0v) is 12.2. The summed E-state index contributed by atoms with van der Waals surface area (Å²) in [6.07, 6.45) is 4.22. The summed E-state index contributed by atoms with van der Waals surface area (Å²) in [6, 6.07) is -0.0494. The fraction of sp³-hybridized carbons (Fsp3) is 0.667. The molecule has 2 atom stereocenters. The van der Waals surface area contributed by atoms with Crippen LogP contribution in [0.4, 0.5) is 0 Å². The molecule has 6 heteroatoms. The molecule has 0 aliphatic heterocycles. The highest BCUT2D eigenvalue weighted by Crippen LogP contribution is 2.41. The van der Waals surface area contributed by atoms with Crippen LogP contribution in [0.5, 0.6) is 0 Å². The Morgan fingerprint density at radius 3 is 3.00 bits per heavy atom. The van der Waals surface area contributed by atoms with Crippen LogP contribution in [0.15, 0.2) is 5.51 Å². The Morgan fingerprint density at radius 1 is 1.72 bits per heavy atom. The zero-order chi connectivity index (χ0) is 13.1. The Bertz CT molecular complexity index is 414. The highest BCUT2D eigenvalue weighted by Gasteiger charge is 2.31. The average molecular weight is 286 g/mol. The van der Waals surface area contributed by atoms with Crippen LogP contribution < -0.4 is 5.32 Å². The summed E-state index contributed by atoms with van der Waals surface area (Å²) in [5.74, 6) is 0.431. The molecule has 2 N–H and O–H groups in total. The van der Waals surface area contributed by atoms with Gasteiger partial charge in [0.15, 0.2) is 0 Å². The molecular formula is C12H18N2O2S2. The molecule has 0 saturated heterocycles. The molecule has 0 radical (unpaired) electrons. The second-order valence-electron chi connectivity index (χ2n) is 4.56. The Labute approximate surface area is 115 Å². The fourth-order valence-electron chi connectivity index (χ4n) is 1.87. The second kappa shape index (κ2) is 6.04. The van der Waals surface area contributed by atoms with E-state index >= 15 is 0 Å². The van der Waals surface area contributed by atoms with Gasteiger partial charge >= 0.3 is 0 Å². The summed E-state index contributed by atoms with van der Waals surface area (Å²) in [7, 11) is 0. The van der Waals surface area contributed by atoms with E-state index in [1.165, 1.54) is 11.3 Å². The van der Waals surface area contributed by atoms with Crippen molar-refractivity contribution >= 4 is 29.0 Å². The molecule has 1 fully saturated rings. The third kappa shape index (κ3) is 3.05. The maximum atomic E-state index is 12.2. The summed E-state index contributed by atoms with van der Waals surface area (Å²) < 4.78 is 0. The van der Waals surface area contributed by atoms with Crippen LogP contribution in [0.3, 0.4) is 0 Å². The van der Waals surface area contributed by atoms with E-state index in [0.29, 0.717) is 5.92 Å². The Hall–Kier alpha value is -0.590. The van der Waals surface area contributed by atoms with Crippen molar-refractivity contribution < 1.29 is 9.90 Å². The van der Waals surface area contributed by atoms with E-state index < -0.39 is 0 Å². The summed E-state index contributed by atoms with van der Waals surface area (Å²) in [5.41, 5.74) is 2.69. The lowest BCUT2D eigenvalue weighted by molar-refractivity contribution is 0.0939. The van der Waals surface area contributed by atoms with Crippen LogP contribution in [-0.4, -0.2) is 40.2 Å². The predicted molar refractivity (Wildman–Crippen MR) is 75.4 cm³/mol. The van der Waals surface area contributed by atoms with Gasteiger partial charge in [-0.25, -0.2) is 4.98 Å². The molecule has 1 heterocycles. The molecule has 100 valence electrons. The van der Waals surface area contributed by atoms with Gasteiger partial charge in [-0.05, 0) is 26.0 Å². The van der Waals surface area contributed by atoms with Gasteiger partial charge in [0.2, 0.25) is 0 Å². The van der Waals surface area contributed by atoms with Crippen molar-refractivity contribution in [2.24, 2.45) is 0 Å². The standard InChI is InChI=1S/C12H18N2O2S2/c1-7(9(5-15)17-2)14-12(16)11-10(8-3-4-8)13-6-18-11/h6-9,15H,3-5H2,1-2H3,(H,14,16). The molecular weight excluding hydrogens is 268 g/mol. The lowest BCUT2D eigenvalue weighted by Gasteiger charge is -2.21. The van der Waals surface area contributed by atoms with Crippen molar-refractivity contribution in [3.05, 3.63) is 16.1 Å². The topological polar surface area (TPSA) is 62.2 Å². The van der Waals surface area contributed by atoms with Crippen LogP contribution in [0.25, 0.3) is 0 Å². The molecule has 0 bridgehead atoms. The predicted octanol–water partition coefficient (Wildman–Crippen LogP) is 1.86. The van der Waals surface area contributed by atoms with E-state index in [9.17, 15) is 9.90 Å². The van der Waals surface area contributed by atoms with Gasteiger partial charge in [-0.3, -0.25) is 4.79 Å². The minimum atomic E-state index is -0.0561. The number of rotatable bonds is 6. The first-order chi connectivity index (χ1) is 8.67.